The third kappa shape index (κ3) is 24.1. The molecule has 3 aliphatic heterocycles. The van der Waals surface area contributed by atoms with Crippen molar-refractivity contribution in [2.75, 3.05) is 26.4 Å². The van der Waals surface area contributed by atoms with E-state index in [-0.39, 0.29) is 18.9 Å². The van der Waals surface area contributed by atoms with Crippen molar-refractivity contribution >= 4 is 5.91 Å². The minimum Gasteiger partial charge on any atom is -0.394 e. The zero-order valence-corrected chi connectivity index (χ0v) is 44.8. The van der Waals surface area contributed by atoms with Gasteiger partial charge in [-0.1, -0.05) is 160 Å². The second kappa shape index (κ2) is 39.6. The van der Waals surface area contributed by atoms with Gasteiger partial charge in [0.2, 0.25) is 5.91 Å². The van der Waals surface area contributed by atoms with Crippen molar-refractivity contribution in [3.63, 3.8) is 0 Å². The van der Waals surface area contributed by atoms with Crippen molar-refractivity contribution in [3.8, 4) is 0 Å². The number of hydrogen-bond acceptors (Lipinski definition) is 18. The van der Waals surface area contributed by atoms with Crippen LogP contribution in [0.25, 0.3) is 0 Å². The van der Waals surface area contributed by atoms with Gasteiger partial charge in [-0.3, -0.25) is 4.79 Å². The lowest BCUT2D eigenvalue weighted by Gasteiger charge is -2.48. The maximum atomic E-state index is 13.2. The molecule has 0 aromatic rings. The highest BCUT2D eigenvalue weighted by atomic mass is 16.8. The van der Waals surface area contributed by atoms with E-state index in [4.69, 9.17) is 28.4 Å². The lowest BCUT2D eigenvalue weighted by Crippen LogP contribution is -2.66. The first-order valence-corrected chi connectivity index (χ1v) is 28.6. The average molecular weight is 1060 g/mol. The first-order chi connectivity index (χ1) is 35.8. The Kier molecular flexibility index (Phi) is 35.6. The van der Waals surface area contributed by atoms with E-state index < -0.39 is 124 Å². The molecular formula is C55H101NO18. The van der Waals surface area contributed by atoms with Crippen molar-refractivity contribution in [1.82, 2.24) is 5.32 Å². The van der Waals surface area contributed by atoms with Crippen LogP contribution in [0.1, 0.15) is 187 Å². The molecule has 0 bridgehead atoms. The molecule has 1 amide bonds. The molecule has 0 saturated carbocycles. The molecule has 12 N–H and O–H groups in total. The van der Waals surface area contributed by atoms with Crippen molar-refractivity contribution in [2.24, 2.45) is 0 Å². The van der Waals surface area contributed by atoms with Crippen LogP contribution in [-0.2, 0) is 33.2 Å². The molecule has 17 unspecified atom stereocenters. The summed E-state index contributed by atoms with van der Waals surface area (Å²) in [5.74, 6) is -0.251. The summed E-state index contributed by atoms with van der Waals surface area (Å²) in [6.07, 6.45) is 11.9. The van der Waals surface area contributed by atoms with Gasteiger partial charge in [-0.05, 0) is 44.9 Å². The number of hydrogen-bond donors (Lipinski definition) is 12. The first kappa shape index (κ1) is 66.5. The maximum absolute atomic E-state index is 13.2. The van der Waals surface area contributed by atoms with Crippen LogP contribution < -0.4 is 5.32 Å². The van der Waals surface area contributed by atoms with E-state index in [0.29, 0.717) is 12.8 Å². The van der Waals surface area contributed by atoms with E-state index in [1.54, 1.807) is 0 Å². The quantitative estimate of drug-likeness (QED) is 0.0304. The Morgan fingerprint density at radius 2 is 0.892 bits per heavy atom. The minimum atomic E-state index is -1.97. The number of carbonyl (C=O) groups excluding carboxylic acids is 1. The molecule has 17 atom stereocenters. The third-order valence-electron chi connectivity index (χ3n) is 14.5. The first-order valence-electron chi connectivity index (χ1n) is 28.6. The molecule has 0 radical (unpaired) electrons. The standard InChI is InChI=1S/C55H101NO18/c1-3-5-7-9-11-12-13-14-15-16-17-18-19-20-21-22-23-24-25-26-27-29-31-33-43(61)56-38(39(60)32-30-28-10-8-6-4-2)37-69-53-49(67)46(64)51(41(35-58)71-53)74-55-50(68)47(65)52(42(36-59)72-55)73-54-48(66)45(63)44(62)40(34-57)70-54/h13-14,16-17,38-42,44-55,57-60,62-68H,3-12,15,18-37H2,1-2H3,(H,56,61)/b14-13-,17-16-. The van der Waals surface area contributed by atoms with Crippen molar-refractivity contribution in [2.45, 2.75) is 291 Å². The molecule has 3 fully saturated rings. The van der Waals surface area contributed by atoms with Gasteiger partial charge in [0.25, 0.3) is 0 Å². The smallest absolute Gasteiger partial charge is 0.220 e. The summed E-state index contributed by atoms with van der Waals surface area (Å²) in [5.41, 5.74) is 0. The lowest BCUT2D eigenvalue weighted by molar-refractivity contribution is -0.379. The zero-order chi connectivity index (χ0) is 54.1. The van der Waals surface area contributed by atoms with Gasteiger partial charge in [0.15, 0.2) is 18.9 Å². The summed E-state index contributed by atoms with van der Waals surface area (Å²) in [6, 6.07) is -0.883. The Morgan fingerprint density at radius 3 is 1.38 bits per heavy atom. The van der Waals surface area contributed by atoms with Crippen LogP contribution in [0.3, 0.4) is 0 Å². The Balaban J connectivity index is 1.41. The highest BCUT2D eigenvalue weighted by molar-refractivity contribution is 5.76. The molecule has 0 spiro atoms. The summed E-state index contributed by atoms with van der Waals surface area (Å²) in [7, 11) is 0. The van der Waals surface area contributed by atoms with Crippen LogP contribution in [0.15, 0.2) is 24.3 Å². The molecule has 0 aromatic carbocycles. The molecule has 74 heavy (non-hydrogen) atoms. The van der Waals surface area contributed by atoms with Gasteiger partial charge in [-0.15, -0.1) is 0 Å². The Labute approximate surface area is 441 Å². The fraction of sp³-hybridized carbons (Fsp3) is 0.909. The Hall–Kier alpha value is -1.73. The average Bonchev–Trinajstić information content (AvgIpc) is 3.40. The second-order valence-corrected chi connectivity index (χ2v) is 20.8. The van der Waals surface area contributed by atoms with Crippen LogP contribution in [0.2, 0.25) is 0 Å². The molecule has 3 aliphatic rings. The number of ether oxygens (including phenoxy) is 6. The van der Waals surface area contributed by atoms with E-state index in [1.807, 2.05) is 0 Å². The van der Waals surface area contributed by atoms with Gasteiger partial charge in [0.05, 0.1) is 38.6 Å². The van der Waals surface area contributed by atoms with Crippen molar-refractivity contribution in [3.05, 3.63) is 24.3 Å². The zero-order valence-electron chi connectivity index (χ0n) is 44.8. The van der Waals surface area contributed by atoms with E-state index >= 15 is 0 Å². The molecule has 0 aliphatic carbocycles. The fourth-order valence-electron chi connectivity index (χ4n) is 9.75. The third-order valence-corrected chi connectivity index (χ3v) is 14.5. The summed E-state index contributed by atoms with van der Waals surface area (Å²) in [6.45, 7) is 1.68. The van der Waals surface area contributed by atoms with Crippen LogP contribution in [0, 0.1) is 0 Å². The summed E-state index contributed by atoms with van der Waals surface area (Å²) >= 11 is 0. The van der Waals surface area contributed by atoms with Gasteiger partial charge < -0.3 is 89.9 Å². The predicted octanol–water partition coefficient (Wildman–Crippen LogP) is 3.98. The van der Waals surface area contributed by atoms with E-state index in [2.05, 4.69) is 43.5 Å². The summed E-state index contributed by atoms with van der Waals surface area (Å²) < 4.78 is 34.1. The van der Waals surface area contributed by atoms with Gasteiger partial charge in [0.1, 0.15) is 73.2 Å². The maximum Gasteiger partial charge on any atom is 0.220 e. The van der Waals surface area contributed by atoms with Gasteiger partial charge >= 0.3 is 0 Å². The van der Waals surface area contributed by atoms with Gasteiger partial charge in [0, 0.05) is 6.42 Å². The van der Waals surface area contributed by atoms with Gasteiger partial charge in [-0.25, -0.2) is 0 Å². The highest BCUT2D eigenvalue weighted by Crippen LogP contribution is 2.33. The molecule has 434 valence electrons. The molecule has 3 heterocycles. The fourth-order valence-corrected chi connectivity index (χ4v) is 9.75. The van der Waals surface area contributed by atoms with Crippen LogP contribution in [0.5, 0.6) is 0 Å². The van der Waals surface area contributed by atoms with E-state index in [1.165, 1.54) is 83.5 Å². The van der Waals surface area contributed by atoms with Crippen LogP contribution >= 0.6 is 0 Å². The molecule has 0 aromatic heterocycles. The number of rotatable bonds is 41. The van der Waals surface area contributed by atoms with Gasteiger partial charge in [-0.2, -0.15) is 0 Å². The van der Waals surface area contributed by atoms with Crippen molar-refractivity contribution in [1.29, 1.82) is 0 Å². The summed E-state index contributed by atoms with van der Waals surface area (Å²) in [5, 5.41) is 120. The normalized spacial score (nSPS) is 31.6. The SMILES string of the molecule is CCCCCCC/C=C\C/C=C\CCCCCCCCCCCCCC(=O)NC(COC1OC(CO)C(OC2OC(CO)C(OC3OC(CO)C(O)C(O)C3O)C(O)C2O)C(O)C1O)C(O)CCCCCCCC. The van der Waals surface area contributed by atoms with E-state index in [9.17, 15) is 61.0 Å². The number of amides is 1. The number of allylic oxidation sites excluding steroid dienone is 4. The minimum absolute atomic E-state index is 0.251. The molecule has 3 saturated heterocycles. The Bertz CT molecular complexity index is 1460. The molecule has 3 rings (SSSR count). The Morgan fingerprint density at radius 1 is 0.486 bits per heavy atom. The number of nitrogens with one attached hydrogen (secondary N) is 1. The predicted molar refractivity (Wildman–Crippen MR) is 277 cm³/mol. The largest absolute Gasteiger partial charge is 0.394 e. The number of carbonyl (C=O) groups is 1. The van der Waals surface area contributed by atoms with Crippen LogP contribution in [0.4, 0.5) is 0 Å². The lowest BCUT2D eigenvalue weighted by atomic mass is 9.96. The highest BCUT2D eigenvalue weighted by Gasteiger charge is 2.53. The summed E-state index contributed by atoms with van der Waals surface area (Å²) in [4.78, 5) is 13.2. The monoisotopic (exact) mass is 1060 g/mol. The van der Waals surface area contributed by atoms with E-state index in [0.717, 1.165) is 70.6 Å². The molecule has 19 heteroatoms. The topological polar surface area (TPSA) is 307 Å². The van der Waals surface area contributed by atoms with Crippen molar-refractivity contribution < 1.29 is 89.4 Å². The number of aliphatic hydroxyl groups is 11. The number of aliphatic hydroxyl groups excluding tert-OH is 11. The van der Waals surface area contributed by atoms with Crippen LogP contribution in [-0.4, -0.2) is 193 Å². The molecule has 19 nitrogen and oxygen atoms in total. The number of unbranched alkanes of at least 4 members (excludes halogenated alkanes) is 21. The second-order valence-electron chi connectivity index (χ2n) is 20.8. The molecular weight excluding hydrogens is 963 g/mol.